The standard InChI is InChI=1S/C14H22N2/c1-11-6-4-5-7-12(11)16-14(3,10-15)13(2)8-9-13/h4-7,16H,8-10,15H2,1-3H3. The Morgan fingerprint density at radius 3 is 2.50 bits per heavy atom. The molecule has 88 valence electrons. The molecule has 0 bridgehead atoms. The van der Waals surface area contributed by atoms with Crippen LogP contribution in [0.2, 0.25) is 0 Å². The molecule has 1 aromatic rings. The second kappa shape index (κ2) is 3.77. The summed E-state index contributed by atoms with van der Waals surface area (Å²) in [6.45, 7) is 7.38. The van der Waals surface area contributed by atoms with Crippen molar-refractivity contribution < 1.29 is 0 Å². The zero-order valence-electron chi connectivity index (χ0n) is 10.5. The lowest BCUT2D eigenvalue weighted by atomic mass is 9.83. The first-order valence-corrected chi connectivity index (χ1v) is 6.05. The van der Waals surface area contributed by atoms with Crippen molar-refractivity contribution in [3.05, 3.63) is 29.8 Å². The first-order valence-electron chi connectivity index (χ1n) is 6.05. The first kappa shape index (κ1) is 11.5. The molecule has 1 aliphatic carbocycles. The molecule has 1 saturated carbocycles. The SMILES string of the molecule is Cc1ccccc1NC(C)(CN)C1(C)CC1. The Labute approximate surface area is 98.2 Å². The maximum absolute atomic E-state index is 5.97. The van der Waals surface area contributed by atoms with Crippen LogP contribution in [0.3, 0.4) is 0 Å². The molecular weight excluding hydrogens is 196 g/mol. The van der Waals surface area contributed by atoms with E-state index < -0.39 is 0 Å². The van der Waals surface area contributed by atoms with Gasteiger partial charge in [-0.1, -0.05) is 25.1 Å². The molecule has 0 aliphatic heterocycles. The van der Waals surface area contributed by atoms with Crippen molar-refractivity contribution >= 4 is 5.69 Å². The Hall–Kier alpha value is -1.02. The topological polar surface area (TPSA) is 38.0 Å². The van der Waals surface area contributed by atoms with Crippen LogP contribution in [0.15, 0.2) is 24.3 Å². The van der Waals surface area contributed by atoms with Crippen molar-refractivity contribution in [2.75, 3.05) is 11.9 Å². The summed E-state index contributed by atoms with van der Waals surface area (Å²) in [4.78, 5) is 0. The van der Waals surface area contributed by atoms with Gasteiger partial charge in [-0.2, -0.15) is 0 Å². The number of rotatable bonds is 4. The molecule has 0 saturated heterocycles. The lowest BCUT2D eigenvalue weighted by Crippen LogP contribution is -2.49. The van der Waals surface area contributed by atoms with Crippen LogP contribution < -0.4 is 11.1 Å². The number of nitrogens with two attached hydrogens (primary N) is 1. The number of para-hydroxylation sites is 1. The number of hydrogen-bond acceptors (Lipinski definition) is 2. The zero-order chi connectivity index (χ0) is 11.8. The minimum Gasteiger partial charge on any atom is -0.378 e. The van der Waals surface area contributed by atoms with E-state index in [1.54, 1.807) is 0 Å². The highest BCUT2D eigenvalue weighted by Crippen LogP contribution is 2.54. The molecule has 0 aromatic heterocycles. The summed E-state index contributed by atoms with van der Waals surface area (Å²) in [5.74, 6) is 0. The smallest absolute Gasteiger partial charge is 0.0521 e. The van der Waals surface area contributed by atoms with Gasteiger partial charge in [0.1, 0.15) is 0 Å². The van der Waals surface area contributed by atoms with Crippen LogP contribution in [0.5, 0.6) is 0 Å². The van der Waals surface area contributed by atoms with E-state index in [0.717, 1.165) is 0 Å². The summed E-state index contributed by atoms with van der Waals surface area (Å²) in [6, 6.07) is 8.41. The summed E-state index contributed by atoms with van der Waals surface area (Å²) in [7, 11) is 0. The van der Waals surface area contributed by atoms with Gasteiger partial charge in [-0.3, -0.25) is 0 Å². The van der Waals surface area contributed by atoms with Gasteiger partial charge in [0.25, 0.3) is 0 Å². The highest BCUT2D eigenvalue weighted by atomic mass is 15.0. The molecule has 2 heteroatoms. The normalized spacial score (nSPS) is 21.2. The molecule has 1 fully saturated rings. The minimum absolute atomic E-state index is 0.0130. The Kier molecular flexibility index (Phi) is 2.70. The molecule has 16 heavy (non-hydrogen) atoms. The fourth-order valence-corrected chi connectivity index (χ4v) is 2.20. The highest BCUT2D eigenvalue weighted by molar-refractivity contribution is 5.53. The van der Waals surface area contributed by atoms with Crippen molar-refractivity contribution in [1.29, 1.82) is 0 Å². The van der Waals surface area contributed by atoms with Crippen LogP contribution in [0.25, 0.3) is 0 Å². The molecular formula is C14H22N2. The van der Waals surface area contributed by atoms with Crippen molar-refractivity contribution in [2.45, 2.75) is 39.2 Å². The van der Waals surface area contributed by atoms with E-state index in [1.807, 2.05) is 0 Å². The van der Waals surface area contributed by atoms with Gasteiger partial charge in [-0.25, -0.2) is 0 Å². The Bertz CT molecular complexity index is 382. The molecule has 2 nitrogen and oxygen atoms in total. The third-order valence-electron chi connectivity index (χ3n) is 4.30. The van der Waals surface area contributed by atoms with Gasteiger partial charge in [-0.05, 0) is 43.7 Å². The Balaban J connectivity index is 2.22. The fraction of sp³-hybridized carbons (Fsp3) is 0.571. The predicted octanol–water partition coefficient (Wildman–Crippen LogP) is 2.92. The van der Waals surface area contributed by atoms with Crippen molar-refractivity contribution in [1.82, 2.24) is 0 Å². The number of aryl methyl sites for hydroxylation is 1. The quantitative estimate of drug-likeness (QED) is 0.815. The number of nitrogens with one attached hydrogen (secondary N) is 1. The number of benzene rings is 1. The Morgan fingerprint density at radius 1 is 1.38 bits per heavy atom. The van der Waals surface area contributed by atoms with Gasteiger partial charge in [0, 0.05) is 12.2 Å². The van der Waals surface area contributed by atoms with Crippen LogP contribution in [-0.4, -0.2) is 12.1 Å². The van der Waals surface area contributed by atoms with E-state index in [-0.39, 0.29) is 5.54 Å². The van der Waals surface area contributed by atoms with Crippen molar-refractivity contribution in [2.24, 2.45) is 11.1 Å². The second-order valence-electron chi connectivity index (χ2n) is 5.54. The second-order valence-corrected chi connectivity index (χ2v) is 5.54. The van der Waals surface area contributed by atoms with Gasteiger partial charge < -0.3 is 11.1 Å². The molecule has 2 rings (SSSR count). The molecule has 0 spiro atoms. The Morgan fingerprint density at radius 2 is 2.00 bits per heavy atom. The van der Waals surface area contributed by atoms with Crippen molar-refractivity contribution in [3.8, 4) is 0 Å². The highest BCUT2D eigenvalue weighted by Gasteiger charge is 2.52. The summed E-state index contributed by atoms with van der Waals surface area (Å²) in [6.07, 6.45) is 2.55. The molecule has 3 N–H and O–H groups in total. The minimum atomic E-state index is 0.0130. The predicted molar refractivity (Wildman–Crippen MR) is 69.6 cm³/mol. The van der Waals surface area contributed by atoms with Crippen LogP contribution >= 0.6 is 0 Å². The molecule has 0 amide bonds. The average Bonchev–Trinajstić information content (AvgIpc) is 3.01. The van der Waals surface area contributed by atoms with Crippen molar-refractivity contribution in [3.63, 3.8) is 0 Å². The summed E-state index contributed by atoms with van der Waals surface area (Å²) in [5.41, 5.74) is 8.84. The van der Waals surface area contributed by atoms with Crippen LogP contribution in [-0.2, 0) is 0 Å². The average molecular weight is 218 g/mol. The van der Waals surface area contributed by atoms with E-state index in [1.165, 1.54) is 24.1 Å². The lowest BCUT2D eigenvalue weighted by Gasteiger charge is -2.37. The molecule has 1 aliphatic rings. The van der Waals surface area contributed by atoms with Crippen LogP contribution in [0.4, 0.5) is 5.69 Å². The maximum atomic E-state index is 5.97. The van der Waals surface area contributed by atoms with E-state index >= 15 is 0 Å². The van der Waals surface area contributed by atoms with Crippen LogP contribution in [0.1, 0.15) is 32.3 Å². The maximum Gasteiger partial charge on any atom is 0.0521 e. The van der Waals surface area contributed by atoms with Crippen LogP contribution in [0, 0.1) is 12.3 Å². The molecule has 1 unspecified atom stereocenters. The van der Waals surface area contributed by atoms with Gasteiger partial charge in [-0.15, -0.1) is 0 Å². The van der Waals surface area contributed by atoms with E-state index in [4.69, 9.17) is 5.73 Å². The number of anilines is 1. The van der Waals surface area contributed by atoms with Gasteiger partial charge in [0.15, 0.2) is 0 Å². The summed E-state index contributed by atoms with van der Waals surface area (Å²) < 4.78 is 0. The van der Waals surface area contributed by atoms with E-state index in [9.17, 15) is 0 Å². The zero-order valence-corrected chi connectivity index (χ0v) is 10.5. The lowest BCUT2D eigenvalue weighted by molar-refractivity contribution is 0.333. The fourth-order valence-electron chi connectivity index (χ4n) is 2.20. The van der Waals surface area contributed by atoms with Gasteiger partial charge in [0.2, 0.25) is 0 Å². The monoisotopic (exact) mass is 218 g/mol. The first-order chi connectivity index (χ1) is 7.51. The van der Waals surface area contributed by atoms with E-state index in [2.05, 4.69) is 50.4 Å². The summed E-state index contributed by atoms with van der Waals surface area (Å²) >= 11 is 0. The van der Waals surface area contributed by atoms with Gasteiger partial charge in [0.05, 0.1) is 5.54 Å². The summed E-state index contributed by atoms with van der Waals surface area (Å²) in [5, 5.41) is 3.65. The van der Waals surface area contributed by atoms with Gasteiger partial charge >= 0.3 is 0 Å². The molecule has 0 heterocycles. The molecule has 1 aromatic carbocycles. The molecule has 1 atom stereocenters. The molecule has 0 radical (unpaired) electrons. The third-order valence-corrected chi connectivity index (χ3v) is 4.30. The third kappa shape index (κ3) is 1.82. The number of hydrogen-bond donors (Lipinski definition) is 2. The largest absolute Gasteiger partial charge is 0.378 e. The van der Waals surface area contributed by atoms with E-state index in [0.29, 0.717) is 12.0 Å².